The molecule has 0 radical (unpaired) electrons. The van der Waals surface area contributed by atoms with Crippen molar-refractivity contribution in [2.45, 2.75) is 20.0 Å². The summed E-state index contributed by atoms with van der Waals surface area (Å²) in [7, 11) is 0. The Labute approximate surface area is 83.8 Å². The molecule has 0 bridgehead atoms. The lowest BCUT2D eigenvalue weighted by Crippen LogP contribution is -2.37. The van der Waals surface area contributed by atoms with Crippen molar-refractivity contribution in [2.75, 3.05) is 0 Å². The molecule has 0 atom stereocenters. The van der Waals surface area contributed by atoms with Crippen LogP contribution in [0.5, 0.6) is 0 Å². The molecule has 1 aromatic rings. The molecule has 1 rings (SSSR count). The number of carbonyl (C=O) groups is 1. The molecule has 1 aromatic heterocycles. The predicted molar refractivity (Wildman–Crippen MR) is 41.3 cm³/mol. The number of hydrogen-bond donors (Lipinski definition) is 0. The molecule has 0 aromatic carbocycles. The van der Waals surface area contributed by atoms with Gasteiger partial charge in [0.15, 0.2) is 5.69 Å². The van der Waals surface area contributed by atoms with Gasteiger partial charge in [0.2, 0.25) is 0 Å². The highest BCUT2D eigenvalue weighted by Gasteiger charge is 2.28. The van der Waals surface area contributed by atoms with Gasteiger partial charge in [-0.15, -0.1) is 0 Å². The zero-order valence-electron chi connectivity index (χ0n) is 8.05. The SMILES string of the molecule is Cc1cc(C)[nH+]cn1.O=C([O-])C(F)(F)F. The molecule has 0 aliphatic rings. The average molecular weight is 222 g/mol. The molecule has 0 spiro atoms. The van der Waals surface area contributed by atoms with Crippen molar-refractivity contribution in [1.82, 2.24) is 4.98 Å². The highest BCUT2D eigenvalue weighted by atomic mass is 19.4. The molecule has 1 N–H and O–H groups in total. The number of aryl methyl sites for hydroxylation is 2. The highest BCUT2D eigenvalue weighted by molar-refractivity contribution is 5.70. The average Bonchev–Trinajstić information content (AvgIpc) is 2.02. The maximum Gasteiger partial charge on any atom is 0.430 e. The first-order valence-corrected chi connectivity index (χ1v) is 3.82. The molecule has 7 heteroatoms. The number of halogens is 3. The van der Waals surface area contributed by atoms with Crippen molar-refractivity contribution in [3.8, 4) is 0 Å². The molecule has 0 saturated heterocycles. The molecule has 0 saturated carbocycles. The lowest BCUT2D eigenvalue weighted by molar-refractivity contribution is -0.392. The fourth-order valence-corrected chi connectivity index (χ4v) is 0.628. The fourth-order valence-electron chi connectivity index (χ4n) is 0.628. The van der Waals surface area contributed by atoms with Gasteiger partial charge in [-0.1, -0.05) is 4.98 Å². The van der Waals surface area contributed by atoms with E-state index in [0.717, 1.165) is 11.4 Å². The number of aromatic nitrogens is 2. The van der Waals surface area contributed by atoms with Crippen LogP contribution in [-0.4, -0.2) is 17.1 Å². The Morgan fingerprint density at radius 1 is 1.47 bits per heavy atom. The number of aromatic amines is 1. The summed E-state index contributed by atoms with van der Waals surface area (Å²) < 4.78 is 31.5. The van der Waals surface area contributed by atoms with Crippen LogP contribution in [0.2, 0.25) is 0 Å². The van der Waals surface area contributed by atoms with Crippen LogP contribution in [0.1, 0.15) is 11.4 Å². The van der Waals surface area contributed by atoms with Crippen LogP contribution in [0.15, 0.2) is 12.4 Å². The number of H-pyrrole nitrogens is 1. The Kier molecular flexibility index (Phi) is 4.69. The summed E-state index contributed by atoms with van der Waals surface area (Å²) in [5, 5.41) is 8.78. The molecule has 0 unspecified atom stereocenters. The van der Waals surface area contributed by atoms with Gasteiger partial charge in [-0.05, 0) is 6.92 Å². The van der Waals surface area contributed by atoms with Gasteiger partial charge in [-0.25, -0.2) is 4.98 Å². The van der Waals surface area contributed by atoms with Gasteiger partial charge in [0, 0.05) is 13.0 Å². The maximum absolute atomic E-state index is 10.5. The number of nitrogens with one attached hydrogen (secondary N) is 1. The lowest BCUT2D eigenvalue weighted by atomic mass is 10.4. The lowest BCUT2D eigenvalue weighted by Gasteiger charge is -2.03. The monoisotopic (exact) mass is 222 g/mol. The first-order chi connectivity index (χ1) is 6.73. The van der Waals surface area contributed by atoms with Crippen LogP contribution in [-0.2, 0) is 4.79 Å². The van der Waals surface area contributed by atoms with Gasteiger partial charge in [0.05, 0.1) is 0 Å². The van der Waals surface area contributed by atoms with E-state index in [1.807, 2.05) is 19.9 Å². The molecular formula is C8H9F3N2O2. The van der Waals surface area contributed by atoms with Crippen molar-refractivity contribution in [1.29, 1.82) is 0 Å². The second kappa shape index (κ2) is 5.28. The largest absolute Gasteiger partial charge is 0.542 e. The van der Waals surface area contributed by atoms with E-state index in [2.05, 4.69) is 9.97 Å². The first kappa shape index (κ1) is 13.3. The minimum atomic E-state index is -5.19. The molecule has 0 amide bonds. The molecule has 1 heterocycles. The fraction of sp³-hybridized carbons (Fsp3) is 0.375. The van der Waals surface area contributed by atoms with Gasteiger partial charge in [0.1, 0.15) is 11.7 Å². The van der Waals surface area contributed by atoms with Crippen molar-refractivity contribution in [2.24, 2.45) is 0 Å². The van der Waals surface area contributed by atoms with Gasteiger partial charge < -0.3 is 9.90 Å². The van der Waals surface area contributed by atoms with Crippen molar-refractivity contribution >= 4 is 5.97 Å². The Morgan fingerprint density at radius 3 is 2.13 bits per heavy atom. The Hall–Kier alpha value is -1.66. The topological polar surface area (TPSA) is 67.2 Å². The molecule has 15 heavy (non-hydrogen) atoms. The van der Waals surface area contributed by atoms with Crippen molar-refractivity contribution in [3.05, 3.63) is 23.8 Å². The van der Waals surface area contributed by atoms with Gasteiger partial charge in [-0.3, -0.25) is 0 Å². The van der Waals surface area contributed by atoms with E-state index in [-0.39, 0.29) is 0 Å². The van der Waals surface area contributed by atoms with Gasteiger partial charge >= 0.3 is 6.18 Å². The standard InChI is InChI=1S/C6H8N2.C2HF3O2/c1-5-3-6(2)8-4-7-5;3-2(4,5)1(6)7/h3-4H,1-2H3;(H,6,7). The number of hydrogen-bond acceptors (Lipinski definition) is 3. The molecule has 0 aliphatic heterocycles. The summed E-state index contributed by atoms with van der Waals surface area (Å²) in [6.07, 6.45) is -3.50. The van der Waals surface area contributed by atoms with Gasteiger partial charge in [-0.2, -0.15) is 13.2 Å². The number of aliphatic carboxylic acids is 1. The smallest absolute Gasteiger partial charge is 0.430 e. The predicted octanol–water partition coefficient (Wildman–Crippen LogP) is -0.189. The number of rotatable bonds is 0. The molecule has 84 valence electrons. The second-order valence-electron chi connectivity index (χ2n) is 2.66. The van der Waals surface area contributed by atoms with E-state index in [9.17, 15) is 13.2 Å². The van der Waals surface area contributed by atoms with Crippen LogP contribution >= 0.6 is 0 Å². The van der Waals surface area contributed by atoms with Crippen LogP contribution in [0.25, 0.3) is 0 Å². The number of carboxylic acid groups (broad SMARTS) is 1. The summed E-state index contributed by atoms with van der Waals surface area (Å²) in [4.78, 5) is 15.7. The molecule has 0 fully saturated rings. The second-order valence-corrected chi connectivity index (χ2v) is 2.66. The first-order valence-electron chi connectivity index (χ1n) is 3.82. The number of carbonyl (C=O) groups excluding carboxylic acids is 1. The van der Waals surface area contributed by atoms with E-state index >= 15 is 0 Å². The van der Waals surface area contributed by atoms with E-state index in [0.29, 0.717) is 0 Å². The minimum absolute atomic E-state index is 1.06. The van der Waals surface area contributed by atoms with Crippen LogP contribution < -0.4 is 10.1 Å². The Morgan fingerprint density at radius 2 is 1.93 bits per heavy atom. The van der Waals surface area contributed by atoms with Crippen LogP contribution in [0.3, 0.4) is 0 Å². The normalized spacial score (nSPS) is 10.2. The summed E-state index contributed by atoms with van der Waals surface area (Å²) >= 11 is 0. The number of alkyl halides is 3. The Balaban J connectivity index is 0.000000265. The van der Waals surface area contributed by atoms with Gasteiger partial charge in [0.25, 0.3) is 6.33 Å². The third kappa shape index (κ3) is 6.42. The number of nitrogens with zero attached hydrogens (tertiary/aromatic N) is 1. The van der Waals surface area contributed by atoms with E-state index in [4.69, 9.17) is 9.90 Å². The van der Waals surface area contributed by atoms with Crippen LogP contribution in [0.4, 0.5) is 13.2 Å². The summed E-state index contributed by atoms with van der Waals surface area (Å²) in [6.45, 7) is 3.98. The highest BCUT2D eigenvalue weighted by Crippen LogP contribution is 2.11. The quantitative estimate of drug-likeness (QED) is 0.611. The van der Waals surface area contributed by atoms with E-state index in [1.165, 1.54) is 0 Å². The number of carboxylic acids is 1. The van der Waals surface area contributed by atoms with Crippen molar-refractivity contribution < 1.29 is 28.1 Å². The zero-order chi connectivity index (χ0) is 12.1. The maximum atomic E-state index is 10.5. The molecular weight excluding hydrogens is 213 g/mol. The van der Waals surface area contributed by atoms with E-state index < -0.39 is 12.1 Å². The summed E-state index contributed by atoms with van der Waals surface area (Å²) in [6, 6.07) is 2.00. The third-order valence-corrected chi connectivity index (χ3v) is 1.22. The Bertz CT molecular complexity index is 322. The van der Waals surface area contributed by atoms with Crippen LogP contribution in [0, 0.1) is 13.8 Å². The summed E-state index contributed by atoms with van der Waals surface area (Å²) in [5.41, 5.74) is 2.21. The van der Waals surface area contributed by atoms with Crippen molar-refractivity contribution in [3.63, 3.8) is 0 Å². The summed E-state index contributed by atoms with van der Waals surface area (Å²) in [5.74, 6) is -3.01. The van der Waals surface area contributed by atoms with E-state index in [1.54, 1.807) is 6.33 Å². The zero-order valence-corrected chi connectivity index (χ0v) is 8.05. The molecule has 0 aliphatic carbocycles. The minimum Gasteiger partial charge on any atom is -0.542 e. The third-order valence-electron chi connectivity index (χ3n) is 1.22. The molecule has 4 nitrogen and oxygen atoms in total.